The molecule has 7 heteroatoms. The Kier molecular flexibility index (Phi) is 4.99. The second kappa shape index (κ2) is 7.21. The minimum absolute atomic E-state index is 0.0181. The number of carbonyl (C=O) groups excluding carboxylic acids is 2. The summed E-state index contributed by atoms with van der Waals surface area (Å²) in [5, 5.41) is 0.914. The summed E-state index contributed by atoms with van der Waals surface area (Å²) in [4.78, 5) is 34.8. The summed E-state index contributed by atoms with van der Waals surface area (Å²) in [6, 6.07) is 7.57. The van der Waals surface area contributed by atoms with E-state index in [2.05, 4.69) is 23.8 Å². The smallest absolute Gasteiger partial charge is 0.366 e. The van der Waals surface area contributed by atoms with Crippen molar-refractivity contribution >= 4 is 33.9 Å². The minimum Gasteiger partial charge on any atom is -0.387 e. The summed E-state index contributed by atoms with van der Waals surface area (Å²) < 4.78 is 6.98. The number of aromatic nitrogens is 3. The molecule has 0 radical (unpaired) electrons. The average Bonchev–Trinajstić information content (AvgIpc) is 2.96. The third-order valence-electron chi connectivity index (χ3n) is 3.86. The van der Waals surface area contributed by atoms with Gasteiger partial charge in [-0.05, 0) is 26.1 Å². The third-order valence-corrected chi connectivity index (χ3v) is 3.86. The van der Waals surface area contributed by atoms with Gasteiger partial charge in [-0.3, -0.25) is 9.69 Å². The van der Waals surface area contributed by atoms with Crippen molar-refractivity contribution in [2.45, 2.75) is 20.4 Å². The summed E-state index contributed by atoms with van der Waals surface area (Å²) >= 11 is 0. The molecule has 1 aromatic carbocycles. The van der Waals surface area contributed by atoms with Crippen molar-refractivity contribution in [1.82, 2.24) is 19.4 Å². The topological polar surface area (TPSA) is 77.3 Å². The van der Waals surface area contributed by atoms with Crippen LogP contribution in [0.4, 0.5) is 0 Å². The Hall–Kier alpha value is -2.80. The molecular formula is C19H22N4O3. The highest BCUT2D eigenvalue weighted by Gasteiger charge is 2.22. The lowest BCUT2D eigenvalue weighted by atomic mass is 10.1. The lowest BCUT2D eigenvalue weighted by Gasteiger charge is -2.11. The molecule has 0 aliphatic heterocycles. The Morgan fingerprint density at radius 2 is 1.96 bits per heavy atom. The van der Waals surface area contributed by atoms with Crippen LogP contribution in [-0.4, -0.2) is 52.0 Å². The van der Waals surface area contributed by atoms with E-state index in [1.165, 1.54) is 0 Å². The van der Waals surface area contributed by atoms with Crippen molar-refractivity contribution in [3.63, 3.8) is 0 Å². The number of nitrogens with zero attached hydrogens (tertiary/aromatic N) is 4. The molecule has 26 heavy (non-hydrogen) atoms. The normalized spacial score (nSPS) is 11.6. The van der Waals surface area contributed by atoms with Gasteiger partial charge in [0.1, 0.15) is 5.52 Å². The second-order valence-corrected chi connectivity index (χ2v) is 6.96. The summed E-state index contributed by atoms with van der Waals surface area (Å²) in [5.74, 6) is -0.983. The Morgan fingerprint density at radius 3 is 2.65 bits per heavy atom. The van der Waals surface area contributed by atoms with Gasteiger partial charge < -0.3 is 9.30 Å². The maximum absolute atomic E-state index is 12.6. The summed E-state index contributed by atoms with van der Waals surface area (Å²) in [6.07, 6.45) is 1.71. The zero-order valence-electron chi connectivity index (χ0n) is 15.4. The molecule has 136 valence electrons. The molecule has 0 saturated carbocycles. The fourth-order valence-corrected chi connectivity index (χ4v) is 2.90. The molecule has 0 aliphatic carbocycles. The van der Waals surface area contributed by atoms with Crippen LogP contribution in [0.25, 0.3) is 21.9 Å². The van der Waals surface area contributed by atoms with Gasteiger partial charge in [0.05, 0.1) is 23.9 Å². The van der Waals surface area contributed by atoms with E-state index in [1.54, 1.807) is 25.3 Å². The Labute approximate surface area is 151 Å². The van der Waals surface area contributed by atoms with E-state index >= 15 is 0 Å². The quantitative estimate of drug-likeness (QED) is 0.517. The van der Waals surface area contributed by atoms with E-state index in [9.17, 15) is 9.59 Å². The Morgan fingerprint density at radius 1 is 1.23 bits per heavy atom. The van der Waals surface area contributed by atoms with Crippen molar-refractivity contribution < 1.29 is 14.3 Å². The molecule has 3 rings (SSSR count). The van der Waals surface area contributed by atoms with Gasteiger partial charge in [-0.1, -0.05) is 32.0 Å². The monoisotopic (exact) mass is 354 g/mol. The number of fused-ring (bicyclic) bond motifs is 3. The van der Waals surface area contributed by atoms with Gasteiger partial charge in [0.25, 0.3) is 0 Å². The zero-order valence-corrected chi connectivity index (χ0v) is 15.4. The van der Waals surface area contributed by atoms with Crippen LogP contribution in [-0.2, 0) is 16.1 Å². The molecule has 0 bridgehead atoms. The van der Waals surface area contributed by atoms with Crippen LogP contribution in [0.1, 0.15) is 24.3 Å². The van der Waals surface area contributed by atoms with Crippen LogP contribution in [0.5, 0.6) is 0 Å². The van der Waals surface area contributed by atoms with E-state index < -0.39 is 11.9 Å². The van der Waals surface area contributed by atoms with Gasteiger partial charge in [-0.2, -0.15) is 0 Å². The van der Waals surface area contributed by atoms with Crippen molar-refractivity contribution in [1.29, 1.82) is 0 Å². The van der Waals surface area contributed by atoms with Gasteiger partial charge >= 0.3 is 11.9 Å². The number of esters is 2. The predicted octanol–water partition coefficient (Wildman–Crippen LogP) is 2.49. The van der Waals surface area contributed by atoms with Gasteiger partial charge in [0.15, 0.2) is 5.69 Å². The molecule has 0 saturated heterocycles. The van der Waals surface area contributed by atoms with E-state index in [1.807, 2.05) is 28.8 Å². The molecule has 2 heterocycles. The fourth-order valence-electron chi connectivity index (χ4n) is 2.90. The molecule has 3 aromatic rings. The van der Waals surface area contributed by atoms with Gasteiger partial charge in [0.2, 0.25) is 0 Å². The summed E-state index contributed by atoms with van der Waals surface area (Å²) in [6.45, 7) is 5.01. The Bertz CT molecular complexity index is 975. The van der Waals surface area contributed by atoms with Crippen molar-refractivity contribution in [3.05, 3.63) is 36.3 Å². The lowest BCUT2D eigenvalue weighted by Crippen LogP contribution is -2.26. The maximum atomic E-state index is 12.6. The van der Waals surface area contributed by atoms with Crippen molar-refractivity contribution in [2.24, 2.45) is 5.92 Å². The van der Waals surface area contributed by atoms with E-state index in [-0.39, 0.29) is 12.2 Å². The molecular weight excluding hydrogens is 332 g/mol. The molecule has 0 atom stereocenters. The first kappa shape index (κ1) is 18.0. The van der Waals surface area contributed by atoms with Gasteiger partial charge in [0, 0.05) is 11.9 Å². The maximum Gasteiger partial charge on any atom is 0.366 e. The first-order chi connectivity index (χ1) is 12.4. The number of ether oxygens (including phenoxy) is 1. The number of rotatable bonds is 5. The molecule has 0 fully saturated rings. The molecule has 0 amide bonds. The highest BCUT2D eigenvalue weighted by molar-refractivity contribution is 6.12. The van der Waals surface area contributed by atoms with Gasteiger partial charge in [-0.15, -0.1) is 0 Å². The number of benzene rings is 1. The highest BCUT2D eigenvalue weighted by Crippen LogP contribution is 2.26. The van der Waals surface area contributed by atoms with Crippen LogP contribution < -0.4 is 0 Å². The van der Waals surface area contributed by atoms with Crippen LogP contribution in [0, 0.1) is 5.92 Å². The Balaban J connectivity index is 2.11. The van der Waals surface area contributed by atoms with Crippen LogP contribution in [0.15, 0.2) is 30.6 Å². The number of para-hydroxylation sites is 1. The molecule has 0 aliphatic rings. The number of pyridine rings is 1. The first-order valence-corrected chi connectivity index (χ1v) is 8.50. The lowest BCUT2D eigenvalue weighted by molar-refractivity contribution is -0.138. The summed E-state index contributed by atoms with van der Waals surface area (Å²) in [7, 11) is 3.46. The van der Waals surface area contributed by atoms with E-state index in [4.69, 9.17) is 4.74 Å². The predicted molar refractivity (Wildman–Crippen MR) is 98.8 cm³/mol. The standard InChI is InChI=1S/C19H22N4O3/c1-12(2)9-23-11-20-16-17(19(25)26-15(24)10-22(3)4)21-14-8-6-5-7-13(14)18(16)23/h5-8,11-12H,9-10H2,1-4H3. The first-order valence-electron chi connectivity index (χ1n) is 8.50. The largest absolute Gasteiger partial charge is 0.387 e. The van der Waals surface area contributed by atoms with Gasteiger partial charge in [-0.25, -0.2) is 14.8 Å². The van der Waals surface area contributed by atoms with Crippen molar-refractivity contribution in [2.75, 3.05) is 20.6 Å². The van der Waals surface area contributed by atoms with Crippen LogP contribution in [0.3, 0.4) is 0 Å². The molecule has 0 spiro atoms. The number of likely N-dealkylation sites (N-methyl/N-ethyl adjacent to an activating group) is 1. The van der Waals surface area contributed by atoms with Crippen molar-refractivity contribution in [3.8, 4) is 0 Å². The SMILES string of the molecule is CC(C)Cn1cnc2c(C(=O)OC(=O)CN(C)C)nc3ccccc3c21. The second-order valence-electron chi connectivity index (χ2n) is 6.96. The molecule has 2 aromatic heterocycles. The van der Waals surface area contributed by atoms with E-state index in [0.717, 1.165) is 17.4 Å². The number of imidazole rings is 1. The number of hydrogen-bond donors (Lipinski definition) is 0. The zero-order chi connectivity index (χ0) is 18.8. The third kappa shape index (κ3) is 3.57. The van der Waals surface area contributed by atoms with Crippen LogP contribution >= 0.6 is 0 Å². The highest BCUT2D eigenvalue weighted by atomic mass is 16.6. The summed E-state index contributed by atoms with van der Waals surface area (Å²) in [5.41, 5.74) is 2.01. The number of carbonyl (C=O) groups is 2. The fraction of sp³-hybridized carbons (Fsp3) is 0.368. The van der Waals surface area contributed by atoms with Crippen LogP contribution in [0.2, 0.25) is 0 Å². The van der Waals surface area contributed by atoms with E-state index in [0.29, 0.717) is 17.0 Å². The molecule has 0 N–H and O–H groups in total. The number of hydrogen-bond acceptors (Lipinski definition) is 6. The molecule has 0 unspecified atom stereocenters. The average molecular weight is 354 g/mol. The minimum atomic E-state index is -0.776. The molecule has 7 nitrogen and oxygen atoms in total.